The first-order valence-corrected chi connectivity index (χ1v) is 11.5. The number of hydrogen-bond acceptors (Lipinski definition) is 6. The lowest BCUT2D eigenvalue weighted by molar-refractivity contribution is -0.113. The van der Waals surface area contributed by atoms with Crippen LogP contribution >= 0.6 is 11.8 Å². The zero-order valence-electron chi connectivity index (χ0n) is 17.2. The number of benzene rings is 1. The van der Waals surface area contributed by atoms with E-state index in [-0.39, 0.29) is 23.6 Å². The summed E-state index contributed by atoms with van der Waals surface area (Å²) in [6.45, 7) is 5.71. The van der Waals surface area contributed by atoms with Gasteiger partial charge in [-0.1, -0.05) is 24.8 Å². The fourth-order valence-corrected chi connectivity index (χ4v) is 4.62. The monoisotopic (exact) mass is 433 g/mol. The fourth-order valence-electron chi connectivity index (χ4n) is 3.88. The average Bonchev–Trinajstić information content (AvgIpc) is 3.38. The molecule has 162 valence electrons. The molecule has 2 fully saturated rings. The summed E-state index contributed by atoms with van der Waals surface area (Å²) in [7, 11) is 0. The number of hydrogen-bond donors (Lipinski definition) is 1. The van der Waals surface area contributed by atoms with E-state index in [2.05, 4.69) is 31.9 Å². The van der Waals surface area contributed by atoms with Crippen LogP contribution in [0.5, 0.6) is 0 Å². The summed E-state index contributed by atoms with van der Waals surface area (Å²) in [5, 5.41) is 12.3. The minimum Gasteiger partial charge on any atom is -0.376 e. The Kier molecular flexibility index (Phi) is 6.89. The molecule has 1 amide bonds. The maximum absolute atomic E-state index is 13.3. The number of amides is 1. The lowest BCUT2D eigenvalue weighted by Crippen LogP contribution is -2.35. The molecule has 9 heteroatoms. The number of nitrogens with zero attached hydrogens (tertiary/aromatic N) is 4. The van der Waals surface area contributed by atoms with Crippen LogP contribution < -0.4 is 10.2 Å². The summed E-state index contributed by atoms with van der Waals surface area (Å²) in [4.78, 5) is 14.6. The molecule has 7 nitrogen and oxygen atoms in total. The van der Waals surface area contributed by atoms with Crippen molar-refractivity contribution >= 4 is 29.3 Å². The molecule has 3 heterocycles. The molecule has 1 N–H and O–H groups in total. The number of rotatable bonds is 7. The van der Waals surface area contributed by atoms with Gasteiger partial charge in [-0.05, 0) is 49.8 Å². The molecule has 1 unspecified atom stereocenters. The van der Waals surface area contributed by atoms with Crippen LogP contribution in [0.15, 0.2) is 29.4 Å². The van der Waals surface area contributed by atoms with Crippen LogP contribution in [0.2, 0.25) is 0 Å². The molecule has 30 heavy (non-hydrogen) atoms. The summed E-state index contributed by atoms with van der Waals surface area (Å²) in [5.74, 6) is 1.20. The second-order valence-corrected chi connectivity index (χ2v) is 8.99. The first-order chi connectivity index (χ1) is 14.6. The van der Waals surface area contributed by atoms with Gasteiger partial charge >= 0.3 is 0 Å². The topological polar surface area (TPSA) is 72.3 Å². The van der Waals surface area contributed by atoms with Crippen molar-refractivity contribution in [2.45, 2.75) is 50.4 Å². The Morgan fingerprint density at radius 1 is 1.30 bits per heavy atom. The zero-order valence-corrected chi connectivity index (χ0v) is 18.0. The molecule has 2 aromatic rings. The standard InChI is InChI=1S/C21H28FN5O2S/c1-15-7-9-26(10-8-15)20-24-25-21(27(20)13-18-6-3-11-29-18)30-14-19(28)23-17-5-2-4-16(22)12-17/h2,4-5,12,15,18H,3,6-11,13-14H2,1H3,(H,23,28). The second-order valence-electron chi connectivity index (χ2n) is 8.04. The van der Waals surface area contributed by atoms with Crippen molar-refractivity contribution in [3.63, 3.8) is 0 Å². The summed E-state index contributed by atoms with van der Waals surface area (Å²) in [6, 6.07) is 5.89. The molecule has 1 aromatic carbocycles. The van der Waals surface area contributed by atoms with Crippen LogP contribution in [-0.2, 0) is 16.1 Å². The maximum Gasteiger partial charge on any atom is 0.234 e. The third-order valence-electron chi connectivity index (χ3n) is 5.61. The lowest BCUT2D eigenvalue weighted by atomic mass is 10.00. The van der Waals surface area contributed by atoms with E-state index in [1.807, 2.05) is 0 Å². The average molecular weight is 434 g/mol. The van der Waals surface area contributed by atoms with Gasteiger partial charge in [-0.15, -0.1) is 10.2 Å². The molecule has 2 aliphatic heterocycles. The van der Waals surface area contributed by atoms with Gasteiger partial charge in [0, 0.05) is 25.4 Å². The molecule has 0 aliphatic carbocycles. The number of aromatic nitrogens is 3. The van der Waals surface area contributed by atoms with Gasteiger partial charge in [-0.2, -0.15) is 0 Å². The molecule has 0 saturated carbocycles. The van der Waals surface area contributed by atoms with Gasteiger partial charge in [0.2, 0.25) is 11.9 Å². The number of nitrogens with one attached hydrogen (secondary N) is 1. The van der Waals surface area contributed by atoms with Crippen molar-refractivity contribution in [1.82, 2.24) is 14.8 Å². The largest absolute Gasteiger partial charge is 0.376 e. The Morgan fingerprint density at radius 2 is 2.13 bits per heavy atom. The van der Waals surface area contributed by atoms with Crippen LogP contribution in [-0.4, -0.2) is 52.2 Å². The van der Waals surface area contributed by atoms with E-state index in [1.165, 1.54) is 23.9 Å². The first-order valence-electron chi connectivity index (χ1n) is 10.6. The van der Waals surface area contributed by atoms with Crippen molar-refractivity contribution < 1.29 is 13.9 Å². The number of ether oxygens (including phenoxy) is 1. The van der Waals surface area contributed by atoms with Crippen molar-refractivity contribution in [2.75, 3.05) is 35.7 Å². The summed E-state index contributed by atoms with van der Waals surface area (Å²) in [5.41, 5.74) is 0.449. The molecule has 1 atom stereocenters. The lowest BCUT2D eigenvalue weighted by Gasteiger charge is -2.31. The fraction of sp³-hybridized carbons (Fsp3) is 0.571. The normalized spacial score (nSPS) is 19.9. The van der Waals surface area contributed by atoms with Gasteiger partial charge in [0.1, 0.15) is 5.82 Å². The molecule has 1 aromatic heterocycles. The molecule has 0 spiro atoms. The van der Waals surface area contributed by atoms with Crippen molar-refractivity contribution in [3.8, 4) is 0 Å². The van der Waals surface area contributed by atoms with E-state index in [0.29, 0.717) is 17.4 Å². The maximum atomic E-state index is 13.3. The van der Waals surface area contributed by atoms with Crippen molar-refractivity contribution in [1.29, 1.82) is 0 Å². The van der Waals surface area contributed by atoms with Gasteiger partial charge < -0.3 is 15.0 Å². The number of anilines is 2. The summed E-state index contributed by atoms with van der Waals surface area (Å²) < 4.78 is 21.3. The van der Waals surface area contributed by atoms with Gasteiger partial charge in [0.25, 0.3) is 0 Å². The molecule has 4 rings (SSSR count). The van der Waals surface area contributed by atoms with E-state index in [9.17, 15) is 9.18 Å². The molecular formula is C21H28FN5O2S. The van der Waals surface area contributed by atoms with Crippen molar-refractivity contribution in [3.05, 3.63) is 30.1 Å². The SMILES string of the molecule is CC1CCN(c2nnc(SCC(=O)Nc3cccc(F)c3)n2CC2CCCO2)CC1. The van der Waals surface area contributed by atoms with E-state index < -0.39 is 0 Å². The Labute approximate surface area is 180 Å². The highest BCUT2D eigenvalue weighted by Gasteiger charge is 2.26. The van der Waals surface area contributed by atoms with Gasteiger partial charge in [-0.3, -0.25) is 9.36 Å². The Hall–Kier alpha value is -2.13. The Bertz CT molecular complexity index is 863. The minimum absolute atomic E-state index is 0.156. The summed E-state index contributed by atoms with van der Waals surface area (Å²) >= 11 is 1.35. The van der Waals surface area contributed by atoms with Gasteiger partial charge in [0.05, 0.1) is 18.4 Å². The molecular weight excluding hydrogens is 405 g/mol. The third kappa shape index (κ3) is 5.31. The van der Waals surface area contributed by atoms with E-state index in [0.717, 1.165) is 57.2 Å². The van der Waals surface area contributed by atoms with Crippen LogP contribution in [0.4, 0.5) is 16.0 Å². The number of piperidine rings is 1. The van der Waals surface area contributed by atoms with Gasteiger partial charge in [-0.25, -0.2) is 4.39 Å². The molecule has 0 bridgehead atoms. The summed E-state index contributed by atoms with van der Waals surface area (Å²) in [6.07, 6.45) is 4.54. The zero-order chi connectivity index (χ0) is 20.9. The van der Waals surface area contributed by atoms with E-state index in [1.54, 1.807) is 12.1 Å². The highest BCUT2D eigenvalue weighted by molar-refractivity contribution is 7.99. The first kappa shape index (κ1) is 21.1. The highest BCUT2D eigenvalue weighted by atomic mass is 32.2. The number of halogens is 1. The predicted molar refractivity (Wildman–Crippen MR) is 115 cm³/mol. The number of carbonyl (C=O) groups excluding carboxylic acids is 1. The molecule has 0 radical (unpaired) electrons. The molecule has 2 aliphatic rings. The van der Waals surface area contributed by atoms with Crippen molar-refractivity contribution in [2.24, 2.45) is 5.92 Å². The Morgan fingerprint density at radius 3 is 2.87 bits per heavy atom. The highest BCUT2D eigenvalue weighted by Crippen LogP contribution is 2.28. The molecule has 2 saturated heterocycles. The van der Waals surface area contributed by atoms with Gasteiger partial charge in [0.15, 0.2) is 5.16 Å². The van der Waals surface area contributed by atoms with E-state index >= 15 is 0 Å². The third-order valence-corrected chi connectivity index (χ3v) is 6.58. The predicted octanol–water partition coefficient (Wildman–Crippen LogP) is 3.56. The quantitative estimate of drug-likeness (QED) is 0.673. The number of carbonyl (C=O) groups is 1. The minimum atomic E-state index is -0.378. The van der Waals surface area contributed by atoms with E-state index in [4.69, 9.17) is 4.74 Å². The van der Waals surface area contributed by atoms with Crippen LogP contribution in [0, 0.1) is 11.7 Å². The van der Waals surface area contributed by atoms with Crippen LogP contribution in [0.25, 0.3) is 0 Å². The smallest absolute Gasteiger partial charge is 0.234 e. The Balaban J connectivity index is 1.44. The number of thioether (sulfide) groups is 1. The second kappa shape index (κ2) is 9.78. The van der Waals surface area contributed by atoms with Crippen LogP contribution in [0.3, 0.4) is 0 Å². The van der Waals surface area contributed by atoms with Crippen LogP contribution in [0.1, 0.15) is 32.6 Å².